The maximum Gasteiger partial charge on any atom is 0.230 e. The lowest BCUT2D eigenvalue weighted by Crippen LogP contribution is -2.26. The van der Waals surface area contributed by atoms with Gasteiger partial charge in [-0.3, -0.25) is 0 Å². The highest BCUT2D eigenvalue weighted by molar-refractivity contribution is 5.85. The van der Waals surface area contributed by atoms with Gasteiger partial charge >= 0.3 is 0 Å². The molecule has 1 fully saturated rings. The lowest BCUT2D eigenvalue weighted by Gasteiger charge is -2.23. The predicted molar refractivity (Wildman–Crippen MR) is 82.7 cm³/mol. The Balaban J connectivity index is 0.00000161. The van der Waals surface area contributed by atoms with Gasteiger partial charge in [0.05, 0.1) is 12.7 Å². The van der Waals surface area contributed by atoms with Gasteiger partial charge in [-0.1, -0.05) is 23.7 Å². The third kappa shape index (κ3) is 3.36. The maximum absolute atomic E-state index is 6.02. The van der Waals surface area contributed by atoms with Crippen LogP contribution in [0.3, 0.4) is 0 Å². The van der Waals surface area contributed by atoms with Crippen molar-refractivity contribution in [2.75, 3.05) is 7.11 Å². The maximum atomic E-state index is 6.02. The van der Waals surface area contributed by atoms with E-state index in [1.807, 2.05) is 24.3 Å². The van der Waals surface area contributed by atoms with Crippen molar-refractivity contribution in [3.8, 4) is 17.1 Å². The molecular weight excluding hydrogens is 290 g/mol. The monoisotopic (exact) mass is 309 g/mol. The topological polar surface area (TPSA) is 74.2 Å². The van der Waals surface area contributed by atoms with E-state index in [0.29, 0.717) is 11.7 Å². The average molecular weight is 310 g/mol. The lowest BCUT2D eigenvalue weighted by atomic mass is 9.86. The SMILES string of the molecule is COc1ccccc1-c1noc(C2CCCC(N)C2)n1.Cl. The van der Waals surface area contributed by atoms with Gasteiger partial charge in [-0.2, -0.15) is 4.98 Å². The van der Waals surface area contributed by atoms with Crippen LogP contribution >= 0.6 is 12.4 Å². The van der Waals surface area contributed by atoms with Gasteiger partial charge in [0.15, 0.2) is 0 Å². The number of aromatic nitrogens is 2. The van der Waals surface area contributed by atoms with E-state index in [4.69, 9.17) is 15.0 Å². The molecule has 2 aromatic rings. The number of para-hydroxylation sites is 1. The standard InChI is InChI=1S/C15H19N3O2.ClH/c1-19-13-8-3-2-7-12(13)14-17-15(20-18-14)10-5-4-6-11(16)9-10;/h2-3,7-8,10-11H,4-6,9,16H2,1H3;1H. The Morgan fingerprint density at radius 1 is 1.29 bits per heavy atom. The summed E-state index contributed by atoms with van der Waals surface area (Å²) in [6.45, 7) is 0. The van der Waals surface area contributed by atoms with Gasteiger partial charge in [0, 0.05) is 12.0 Å². The molecule has 1 aromatic heterocycles. The second-order valence-corrected chi connectivity index (χ2v) is 5.28. The minimum absolute atomic E-state index is 0. The van der Waals surface area contributed by atoms with Crippen LogP contribution in [0, 0.1) is 0 Å². The third-order valence-electron chi connectivity index (χ3n) is 3.85. The van der Waals surface area contributed by atoms with Gasteiger partial charge in [-0.05, 0) is 31.4 Å². The Morgan fingerprint density at radius 3 is 2.86 bits per heavy atom. The van der Waals surface area contributed by atoms with Crippen molar-refractivity contribution in [1.29, 1.82) is 0 Å². The van der Waals surface area contributed by atoms with E-state index in [1.165, 1.54) is 0 Å². The highest BCUT2D eigenvalue weighted by atomic mass is 35.5. The Bertz CT molecular complexity index is 588. The minimum atomic E-state index is 0. The van der Waals surface area contributed by atoms with E-state index >= 15 is 0 Å². The van der Waals surface area contributed by atoms with Crippen molar-refractivity contribution in [2.45, 2.75) is 37.6 Å². The number of ether oxygens (including phenoxy) is 1. The average Bonchev–Trinajstić information content (AvgIpc) is 2.97. The highest BCUT2D eigenvalue weighted by Gasteiger charge is 2.26. The number of rotatable bonds is 3. The molecule has 6 heteroatoms. The number of nitrogens with two attached hydrogens (primary N) is 1. The summed E-state index contributed by atoms with van der Waals surface area (Å²) in [5.41, 5.74) is 6.87. The molecule has 1 aliphatic rings. The molecule has 1 aliphatic carbocycles. The number of nitrogens with zero attached hydrogens (tertiary/aromatic N) is 2. The molecule has 0 radical (unpaired) electrons. The van der Waals surface area contributed by atoms with Crippen LogP contribution in [-0.2, 0) is 0 Å². The molecule has 2 N–H and O–H groups in total. The van der Waals surface area contributed by atoms with Crippen LogP contribution in [0.1, 0.15) is 37.5 Å². The molecule has 1 aromatic carbocycles. The van der Waals surface area contributed by atoms with Crippen molar-refractivity contribution in [3.63, 3.8) is 0 Å². The van der Waals surface area contributed by atoms with E-state index < -0.39 is 0 Å². The summed E-state index contributed by atoms with van der Waals surface area (Å²) < 4.78 is 10.8. The zero-order valence-electron chi connectivity index (χ0n) is 12.0. The van der Waals surface area contributed by atoms with Crippen LogP contribution in [0.25, 0.3) is 11.4 Å². The molecule has 114 valence electrons. The fourth-order valence-electron chi connectivity index (χ4n) is 2.79. The van der Waals surface area contributed by atoms with Gasteiger partial charge in [0.1, 0.15) is 5.75 Å². The summed E-state index contributed by atoms with van der Waals surface area (Å²) >= 11 is 0. The molecular formula is C15H20ClN3O2. The fourth-order valence-corrected chi connectivity index (χ4v) is 2.79. The lowest BCUT2D eigenvalue weighted by molar-refractivity contribution is 0.299. The summed E-state index contributed by atoms with van der Waals surface area (Å²) in [7, 11) is 1.64. The first-order chi connectivity index (χ1) is 9.78. The van der Waals surface area contributed by atoms with Crippen LogP contribution in [0.2, 0.25) is 0 Å². The van der Waals surface area contributed by atoms with Crippen molar-refractivity contribution in [1.82, 2.24) is 10.1 Å². The Hall–Kier alpha value is -1.59. The van der Waals surface area contributed by atoms with Crippen molar-refractivity contribution < 1.29 is 9.26 Å². The highest BCUT2D eigenvalue weighted by Crippen LogP contribution is 2.33. The van der Waals surface area contributed by atoms with E-state index in [-0.39, 0.29) is 24.4 Å². The molecule has 0 spiro atoms. The summed E-state index contributed by atoms with van der Waals surface area (Å²) in [6, 6.07) is 7.92. The number of methoxy groups -OCH3 is 1. The molecule has 2 unspecified atom stereocenters. The van der Waals surface area contributed by atoms with E-state index in [2.05, 4.69) is 10.1 Å². The normalized spacial score (nSPS) is 21.6. The van der Waals surface area contributed by atoms with Gasteiger partial charge in [0.25, 0.3) is 0 Å². The second kappa shape index (κ2) is 6.91. The minimum Gasteiger partial charge on any atom is -0.496 e. The summed E-state index contributed by atoms with van der Waals surface area (Å²) in [6.07, 6.45) is 4.21. The summed E-state index contributed by atoms with van der Waals surface area (Å²) in [4.78, 5) is 4.53. The number of hydrogen-bond acceptors (Lipinski definition) is 5. The van der Waals surface area contributed by atoms with Crippen LogP contribution < -0.4 is 10.5 Å². The van der Waals surface area contributed by atoms with Crippen molar-refractivity contribution in [2.24, 2.45) is 5.73 Å². The quantitative estimate of drug-likeness (QED) is 0.942. The zero-order valence-corrected chi connectivity index (χ0v) is 12.8. The van der Waals surface area contributed by atoms with Crippen molar-refractivity contribution >= 4 is 12.4 Å². The molecule has 0 aliphatic heterocycles. The molecule has 2 atom stereocenters. The first-order valence-corrected chi connectivity index (χ1v) is 7.00. The molecule has 1 saturated carbocycles. The number of hydrogen-bond donors (Lipinski definition) is 1. The summed E-state index contributed by atoms with van der Waals surface area (Å²) in [5.74, 6) is 2.31. The van der Waals surface area contributed by atoms with Crippen molar-refractivity contribution in [3.05, 3.63) is 30.2 Å². The summed E-state index contributed by atoms with van der Waals surface area (Å²) in [5, 5.41) is 4.09. The van der Waals surface area contributed by atoms with E-state index in [0.717, 1.165) is 37.0 Å². The molecule has 21 heavy (non-hydrogen) atoms. The van der Waals surface area contributed by atoms with Crippen LogP contribution in [0.15, 0.2) is 28.8 Å². The smallest absolute Gasteiger partial charge is 0.230 e. The van der Waals surface area contributed by atoms with Gasteiger partial charge < -0.3 is 15.0 Å². The molecule has 5 nitrogen and oxygen atoms in total. The van der Waals surface area contributed by atoms with E-state index in [1.54, 1.807) is 7.11 Å². The van der Waals surface area contributed by atoms with Gasteiger partial charge in [-0.25, -0.2) is 0 Å². The van der Waals surface area contributed by atoms with Crippen LogP contribution in [0.5, 0.6) is 5.75 Å². The zero-order chi connectivity index (χ0) is 13.9. The Labute approximate surface area is 130 Å². The molecule has 0 saturated heterocycles. The third-order valence-corrected chi connectivity index (χ3v) is 3.85. The molecule has 0 bridgehead atoms. The Kier molecular flexibility index (Phi) is 5.20. The predicted octanol–water partition coefficient (Wildman–Crippen LogP) is 3.15. The first kappa shape index (κ1) is 15.8. The largest absolute Gasteiger partial charge is 0.496 e. The molecule has 0 amide bonds. The fraction of sp³-hybridized carbons (Fsp3) is 0.467. The van der Waals surface area contributed by atoms with Crippen LogP contribution in [0.4, 0.5) is 0 Å². The van der Waals surface area contributed by atoms with Gasteiger partial charge in [-0.15, -0.1) is 12.4 Å². The number of benzene rings is 1. The number of halogens is 1. The van der Waals surface area contributed by atoms with Crippen LogP contribution in [-0.4, -0.2) is 23.3 Å². The second-order valence-electron chi connectivity index (χ2n) is 5.28. The Morgan fingerprint density at radius 2 is 2.10 bits per heavy atom. The van der Waals surface area contributed by atoms with E-state index in [9.17, 15) is 0 Å². The van der Waals surface area contributed by atoms with Gasteiger partial charge in [0.2, 0.25) is 11.7 Å². The molecule has 3 rings (SSSR count). The molecule has 1 heterocycles. The first-order valence-electron chi connectivity index (χ1n) is 7.00.